The van der Waals surface area contributed by atoms with Gasteiger partial charge in [-0.1, -0.05) is 30.7 Å². The number of imide groups is 1. The zero-order valence-corrected chi connectivity index (χ0v) is 11.7. The van der Waals surface area contributed by atoms with Gasteiger partial charge in [-0.15, -0.1) is 0 Å². The molecule has 1 aromatic rings. The lowest BCUT2D eigenvalue weighted by Gasteiger charge is -2.28. The third-order valence-electron chi connectivity index (χ3n) is 4.72. The van der Waals surface area contributed by atoms with E-state index in [9.17, 15) is 9.59 Å². The Kier molecular flexibility index (Phi) is 2.93. The molecule has 1 saturated carbocycles. The van der Waals surface area contributed by atoms with Crippen LogP contribution in [0.15, 0.2) is 30.4 Å². The van der Waals surface area contributed by atoms with Crippen molar-refractivity contribution in [2.24, 2.45) is 0 Å². The monoisotopic (exact) mass is 283 g/mol. The van der Waals surface area contributed by atoms with Crippen molar-refractivity contribution in [1.82, 2.24) is 4.90 Å². The Balaban J connectivity index is 1.75. The smallest absolute Gasteiger partial charge is 0.262 e. The van der Waals surface area contributed by atoms with Crippen molar-refractivity contribution in [3.63, 3.8) is 0 Å². The molecule has 0 aromatic heterocycles. The average molecular weight is 283 g/mol. The molecule has 0 saturated heterocycles. The molecule has 1 fully saturated rings. The molecule has 0 radical (unpaired) electrons. The van der Waals surface area contributed by atoms with Gasteiger partial charge in [0.05, 0.1) is 30.4 Å². The minimum atomic E-state index is -0.277. The normalized spacial score (nSPS) is 25.1. The van der Waals surface area contributed by atoms with E-state index in [4.69, 9.17) is 4.74 Å². The van der Waals surface area contributed by atoms with Crippen molar-refractivity contribution in [2.45, 2.75) is 31.2 Å². The van der Waals surface area contributed by atoms with E-state index < -0.39 is 0 Å². The third kappa shape index (κ3) is 1.86. The molecular weight excluding hydrogens is 266 g/mol. The zero-order valence-electron chi connectivity index (χ0n) is 11.7. The predicted molar refractivity (Wildman–Crippen MR) is 77.3 cm³/mol. The van der Waals surface area contributed by atoms with Crippen LogP contribution in [0.2, 0.25) is 0 Å². The summed E-state index contributed by atoms with van der Waals surface area (Å²) in [6.07, 6.45) is 7.20. The molecular formula is C17H17NO3. The van der Waals surface area contributed by atoms with Gasteiger partial charge in [-0.25, -0.2) is 0 Å². The molecule has 4 heteroatoms. The SMILES string of the molecule is O=C1c2cccc(C3CCC3)c2C(=O)N1C1C=CCOC1. The number of benzene rings is 1. The zero-order chi connectivity index (χ0) is 14.4. The van der Waals surface area contributed by atoms with Crippen LogP contribution in [0.1, 0.15) is 51.5 Å². The van der Waals surface area contributed by atoms with Crippen molar-refractivity contribution in [2.75, 3.05) is 13.2 Å². The van der Waals surface area contributed by atoms with Gasteiger partial charge in [0.25, 0.3) is 11.8 Å². The first kappa shape index (κ1) is 12.8. The molecule has 3 aliphatic rings. The van der Waals surface area contributed by atoms with E-state index in [1.807, 2.05) is 24.3 Å². The molecule has 1 aliphatic carbocycles. The number of ether oxygens (including phenoxy) is 1. The van der Waals surface area contributed by atoms with E-state index in [1.165, 1.54) is 11.3 Å². The van der Waals surface area contributed by atoms with E-state index >= 15 is 0 Å². The van der Waals surface area contributed by atoms with Crippen molar-refractivity contribution in [3.05, 3.63) is 47.0 Å². The third-order valence-corrected chi connectivity index (χ3v) is 4.72. The molecule has 4 rings (SSSR count). The lowest BCUT2D eigenvalue weighted by molar-refractivity contribution is 0.0474. The standard InChI is InChI=1S/C17H17NO3/c19-16-14-8-2-7-13(11-4-1-5-11)15(14)17(20)18(16)12-6-3-9-21-10-12/h2-3,6-8,11-12H,1,4-5,9-10H2. The Morgan fingerprint density at radius 3 is 2.67 bits per heavy atom. The number of carbonyl (C=O) groups is 2. The maximum atomic E-state index is 12.8. The summed E-state index contributed by atoms with van der Waals surface area (Å²) in [6, 6.07) is 5.39. The first-order chi connectivity index (χ1) is 10.3. The molecule has 4 nitrogen and oxygen atoms in total. The van der Waals surface area contributed by atoms with Crippen molar-refractivity contribution >= 4 is 11.8 Å². The van der Waals surface area contributed by atoms with Gasteiger partial charge in [-0.3, -0.25) is 14.5 Å². The van der Waals surface area contributed by atoms with Crippen LogP contribution in [-0.4, -0.2) is 36.0 Å². The number of hydrogen-bond acceptors (Lipinski definition) is 3. The Bertz CT molecular complexity index is 645. The number of hydrogen-bond donors (Lipinski definition) is 0. The number of rotatable bonds is 2. The van der Waals surface area contributed by atoms with Gasteiger partial charge in [0.1, 0.15) is 0 Å². The minimum absolute atomic E-state index is 0.155. The lowest BCUT2D eigenvalue weighted by Crippen LogP contribution is -2.42. The minimum Gasteiger partial charge on any atom is -0.375 e. The largest absolute Gasteiger partial charge is 0.375 e. The molecule has 2 aliphatic heterocycles. The van der Waals surface area contributed by atoms with Crippen LogP contribution in [0, 0.1) is 0 Å². The molecule has 0 bridgehead atoms. The first-order valence-electron chi connectivity index (χ1n) is 7.52. The van der Waals surface area contributed by atoms with Crippen LogP contribution < -0.4 is 0 Å². The molecule has 1 atom stereocenters. The van der Waals surface area contributed by atoms with Gasteiger partial charge >= 0.3 is 0 Å². The summed E-state index contributed by atoms with van der Waals surface area (Å²) >= 11 is 0. The van der Waals surface area contributed by atoms with Crippen molar-refractivity contribution < 1.29 is 14.3 Å². The summed E-state index contributed by atoms with van der Waals surface area (Å²) < 4.78 is 5.37. The van der Waals surface area contributed by atoms with E-state index in [0.29, 0.717) is 30.3 Å². The molecule has 0 N–H and O–H groups in total. The van der Waals surface area contributed by atoms with Gasteiger partial charge in [0.2, 0.25) is 0 Å². The van der Waals surface area contributed by atoms with Crippen LogP contribution in [0.4, 0.5) is 0 Å². The Labute approximate surface area is 123 Å². The summed E-state index contributed by atoms with van der Waals surface area (Å²) in [6.45, 7) is 0.938. The Morgan fingerprint density at radius 1 is 1.14 bits per heavy atom. The number of amides is 2. The maximum absolute atomic E-state index is 12.8. The van der Waals surface area contributed by atoms with Crippen molar-refractivity contribution in [1.29, 1.82) is 0 Å². The fraction of sp³-hybridized carbons (Fsp3) is 0.412. The molecule has 108 valence electrons. The summed E-state index contributed by atoms with van der Waals surface area (Å²) in [5.74, 6) is 0.101. The van der Waals surface area contributed by atoms with Crippen molar-refractivity contribution in [3.8, 4) is 0 Å². The van der Waals surface area contributed by atoms with Gasteiger partial charge in [0.15, 0.2) is 0 Å². The van der Waals surface area contributed by atoms with Crippen LogP contribution in [0.25, 0.3) is 0 Å². The molecule has 1 aromatic carbocycles. The van der Waals surface area contributed by atoms with E-state index in [1.54, 1.807) is 6.07 Å². The highest BCUT2D eigenvalue weighted by Gasteiger charge is 2.42. The molecule has 0 spiro atoms. The summed E-state index contributed by atoms with van der Waals surface area (Å²) in [7, 11) is 0. The average Bonchev–Trinajstić information content (AvgIpc) is 2.71. The number of fused-ring (bicyclic) bond motifs is 1. The van der Waals surface area contributed by atoms with Gasteiger partial charge in [-0.2, -0.15) is 0 Å². The van der Waals surface area contributed by atoms with E-state index in [0.717, 1.165) is 18.4 Å². The highest BCUT2D eigenvalue weighted by Crippen LogP contribution is 2.41. The van der Waals surface area contributed by atoms with E-state index in [2.05, 4.69) is 0 Å². The molecule has 2 amide bonds. The second kappa shape index (κ2) is 4.81. The summed E-state index contributed by atoms with van der Waals surface area (Å²) in [4.78, 5) is 26.8. The fourth-order valence-electron chi connectivity index (χ4n) is 3.38. The first-order valence-corrected chi connectivity index (χ1v) is 7.52. The predicted octanol–water partition coefficient (Wildman–Crippen LogP) is 2.51. The molecule has 1 unspecified atom stereocenters. The van der Waals surface area contributed by atoms with Gasteiger partial charge < -0.3 is 4.74 Å². The van der Waals surface area contributed by atoms with Gasteiger partial charge in [0, 0.05) is 0 Å². The van der Waals surface area contributed by atoms with Gasteiger partial charge in [-0.05, 0) is 30.4 Å². The highest BCUT2D eigenvalue weighted by atomic mass is 16.5. The molecule has 2 heterocycles. The second-order valence-corrected chi connectivity index (χ2v) is 5.91. The van der Waals surface area contributed by atoms with Crippen LogP contribution in [0.3, 0.4) is 0 Å². The second-order valence-electron chi connectivity index (χ2n) is 5.91. The summed E-state index contributed by atoms with van der Waals surface area (Å²) in [5.41, 5.74) is 2.25. The van der Waals surface area contributed by atoms with Crippen LogP contribution >= 0.6 is 0 Å². The quantitative estimate of drug-likeness (QED) is 0.619. The van der Waals surface area contributed by atoms with E-state index in [-0.39, 0.29) is 17.9 Å². The van der Waals surface area contributed by atoms with Crippen LogP contribution in [-0.2, 0) is 4.74 Å². The number of carbonyl (C=O) groups excluding carboxylic acids is 2. The Hall–Kier alpha value is -1.94. The molecule has 21 heavy (non-hydrogen) atoms. The number of nitrogens with zero attached hydrogens (tertiary/aromatic N) is 1. The fourth-order valence-corrected chi connectivity index (χ4v) is 3.38. The van der Waals surface area contributed by atoms with Crippen LogP contribution in [0.5, 0.6) is 0 Å². The summed E-state index contributed by atoms with van der Waals surface area (Å²) in [5, 5.41) is 0. The topological polar surface area (TPSA) is 46.6 Å². The Morgan fingerprint density at radius 2 is 2.00 bits per heavy atom. The maximum Gasteiger partial charge on any atom is 0.262 e. The highest BCUT2D eigenvalue weighted by molar-refractivity contribution is 6.22. The lowest BCUT2D eigenvalue weighted by atomic mass is 9.77.